The van der Waals surface area contributed by atoms with E-state index >= 15 is 0 Å². The average Bonchev–Trinajstić information content (AvgIpc) is 2.58. The lowest BCUT2D eigenvalue weighted by molar-refractivity contribution is -0.137. The van der Waals surface area contributed by atoms with Gasteiger partial charge >= 0.3 is 6.18 Å². The summed E-state index contributed by atoms with van der Waals surface area (Å²) in [7, 11) is 0. The van der Waals surface area contributed by atoms with E-state index < -0.39 is 29.5 Å². The number of alkyl halides is 3. The molecular formula is C20H23F3N2O2. The third kappa shape index (κ3) is 4.04. The van der Waals surface area contributed by atoms with Gasteiger partial charge in [0.25, 0.3) is 0 Å². The fraction of sp³-hybridized carbons (Fsp3) is 0.400. The van der Waals surface area contributed by atoms with E-state index in [1.807, 2.05) is 30.3 Å². The molecule has 7 heteroatoms. The van der Waals surface area contributed by atoms with Gasteiger partial charge in [0.2, 0.25) is 0 Å². The Balaban J connectivity index is 1.88. The summed E-state index contributed by atoms with van der Waals surface area (Å²) in [4.78, 5) is 0. The van der Waals surface area contributed by atoms with E-state index in [0.29, 0.717) is 12.1 Å². The number of nitrogen functional groups attached to an aromatic ring is 1. The van der Waals surface area contributed by atoms with Gasteiger partial charge in [-0.05, 0) is 44.5 Å². The van der Waals surface area contributed by atoms with E-state index in [0.717, 1.165) is 18.1 Å². The largest absolute Gasteiger partial charge is 0.485 e. The van der Waals surface area contributed by atoms with Crippen LogP contribution in [0.2, 0.25) is 0 Å². The first-order chi connectivity index (χ1) is 12.6. The topological polar surface area (TPSA) is 67.5 Å². The molecule has 2 aromatic carbocycles. The van der Waals surface area contributed by atoms with Crippen LogP contribution in [0.3, 0.4) is 0 Å². The Bertz CT molecular complexity index is 807. The summed E-state index contributed by atoms with van der Waals surface area (Å²) < 4.78 is 45.2. The number of fused-ring (bicyclic) bond motifs is 1. The van der Waals surface area contributed by atoms with Crippen LogP contribution in [0.4, 0.5) is 18.9 Å². The summed E-state index contributed by atoms with van der Waals surface area (Å²) in [5.41, 5.74) is 4.83. The number of hydrogen-bond donors (Lipinski definition) is 3. The maximum Gasteiger partial charge on any atom is 0.418 e. The zero-order valence-corrected chi connectivity index (χ0v) is 15.2. The number of rotatable bonds is 4. The molecule has 0 spiro atoms. The van der Waals surface area contributed by atoms with Crippen molar-refractivity contribution in [3.8, 4) is 5.75 Å². The smallest absolute Gasteiger partial charge is 0.418 e. The van der Waals surface area contributed by atoms with Crippen LogP contribution in [0.25, 0.3) is 0 Å². The van der Waals surface area contributed by atoms with Gasteiger partial charge in [-0.15, -0.1) is 0 Å². The molecule has 1 heterocycles. The van der Waals surface area contributed by atoms with Crippen molar-refractivity contribution in [3.05, 3.63) is 59.2 Å². The molecule has 0 aliphatic carbocycles. The van der Waals surface area contributed by atoms with Crippen molar-refractivity contribution in [2.45, 2.75) is 44.2 Å². The second kappa shape index (κ2) is 7.05. The zero-order chi connectivity index (χ0) is 19.8. The number of aliphatic hydroxyl groups is 1. The first kappa shape index (κ1) is 19.5. The summed E-state index contributed by atoms with van der Waals surface area (Å²) in [6.45, 7) is 3.84. The Kier molecular flexibility index (Phi) is 5.10. The first-order valence-corrected chi connectivity index (χ1v) is 8.74. The van der Waals surface area contributed by atoms with Gasteiger partial charge in [-0.25, -0.2) is 0 Å². The molecule has 1 aliphatic heterocycles. The van der Waals surface area contributed by atoms with Gasteiger partial charge in [-0.2, -0.15) is 13.2 Å². The van der Waals surface area contributed by atoms with Crippen LogP contribution in [0.5, 0.6) is 5.75 Å². The molecule has 146 valence electrons. The minimum absolute atomic E-state index is 0.0871. The third-order valence-corrected chi connectivity index (χ3v) is 4.84. The van der Waals surface area contributed by atoms with Crippen molar-refractivity contribution in [2.24, 2.45) is 0 Å². The summed E-state index contributed by atoms with van der Waals surface area (Å²) in [5, 5.41) is 14.0. The van der Waals surface area contributed by atoms with Gasteiger partial charge in [-0.3, -0.25) is 0 Å². The van der Waals surface area contributed by atoms with Crippen LogP contribution in [0.15, 0.2) is 42.5 Å². The lowest BCUT2D eigenvalue weighted by Crippen LogP contribution is -2.52. The normalized spacial score (nSPS) is 21.4. The number of halogens is 3. The predicted molar refractivity (Wildman–Crippen MR) is 97.5 cm³/mol. The van der Waals surface area contributed by atoms with Gasteiger partial charge in [0.05, 0.1) is 11.6 Å². The average molecular weight is 380 g/mol. The number of anilines is 1. The Morgan fingerprint density at radius 3 is 2.48 bits per heavy atom. The highest BCUT2D eigenvalue weighted by molar-refractivity contribution is 5.58. The van der Waals surface area contributed by atoms with Crippen molar-refractivity contribution >= 4 is 5.69 Å². The van der Waals surface area contributed by atoms with Gasteiger partial charge in [0, 0.05) is 11.3 Å². The van der Waals surface area contributed by atoms with Gasteiger partial charge in [0.1, 0.15) is 17.5 Å². The van der Waals surface area contributed by atoms with E-state index in [2.05, 4.69) is 5.32 Å². The minimum Gasteiger partial charge on any atom is -0.485 e. The number of aliphatic hydroxyl groups excluding tert-OH is 1. The second-order valence-corrected chi connectivity index (χ2v) is 7.29. The highest BCUT2D eigenvalue weighted by atomic mass is 19.4. The number of hydrogen-bond acceptors (Lipinski definition) is 4. The molecule has 0 radical (unpaired) electrons. The molecule has 0 bridgehead atoms. The molecule has 0 amide bonds. The van der Waals surface area contributed by atoms with E-state index in [1.165, 1.54) is 6.07 Å². The fourth-order valence-corrected chi connectivity index (χ4v) is 3.34. The highest BCUT2D eigenvalue weighted by Gasteiger charge is 2.44. The molecule has 0 saturated carbocycles. The lowest BCUT2D eigenvalue weighted by atomic mass is 9.85. The van der Waals surface area contributed by atoms with Crippen molar-refractivity contribution < 1.29 is 23.0 Å². The molecule has 4 nitrogen and oxygen atoms in total. The second-order valence-electron chi connectivity index (χ2n) is 7.29. The maximum atomic E-state index is 13.2. The molecule has 27 heavy (non-hydrogen) atoms. The Morgan fingerprint density at radius 1 is 1.19 bits per heavy atom. The summed E-state index contributed by atoms with van der Waals surface area (Å²) >= 11 is 0. The standard InChI is InChI=1S/C20H23F3N2O2/c1-19(2)18(26)17(25-9-8-12-6-4-3-5-7-12)13-10-15(24)14(20(21,22)23)11-16(13)27-19/h3-7,10-11,17-18,25-26H,8-9,24H2,1-2H3. The molecule has 0 aromatic heterocycles. The minimum atomic E-state index is -4.57. The Hall–Kier alpha value is -2.25. The van der Waals surface area contributed by atoms with Gasteiger partial charge in [-0.1, -0.05) is 30.3 Å². The van der Waals surface area contributed by atoms with Crippen molar-refractivity contribution in [1.82, 2.24) is 5.32 Å². The van der Waals surface area contributed by atoms with Crippen molar-refractivity contribution in [3.63, 3.8) is 0 Å². The van der Waals surface area contributed by atoms with Crippen LogP contribution in [-0.2, 0) is 12.6 Å². The molecule has 2 atom stereocenters. The molecule has 4 N–H and O–H groups in total. The molecule has 0 fully saturated rings. The molecule has 2 unspecified atom stereocenters. The molecule has 1 aliphatic rings. The number of benzene rings is 2. The van der Waals surface area contributed by atoms with Crippen molar-refractivity contribution in [2.75, 3.05) is 12.3 Å². The van der Waals surface area contributed by atoms with E-state index in [1.54, 1.807) is 13.8 Å². The number of nitrogens with two attached hydrogens (primary N) is 1. The predicted octanol–water partition coefficient (Wildman–Crippen LogP) is 3.69. The number of ether oxygens (including phenoxy) is 1. The van der Waals surface area contributed by atoms with E-state index in [9.17, 15) is 18.3 Å². The first-order valence-electron chi connectivity index (χ1n) is 8.74. The van der Waals surface area contributed by atoms with Crippen LogP contribution >= 0.6 is 0 Å². The molecular weight excluding hydrogens is 357 g/mol. The highest BCUT2D eigenvalue weighted by Crippen LogP contribution is 2.45. The number of nitrogens with one attached hydrogen (secondary N) is 1. The summed E-state index contributed by atoms with van der Waals surface area (Å²) in [6, 6.07) is 11.4. The fourth-order valence-electron chi connectivity index (χ4n) is 3.34. The SMILES string of the molecule is CC1(C)Oc2cc(C(F)(F)F)c(N)cc2C(NCCc2ccccc2)C1O. The van der Waals surface area contributed by atoms with Crippen LogP contribution in [0.1, 0.15) is 36.6 Å². The summed E-state index contributed by atoms with van der Waals surface area (Å²) in [6.07, 6.45) is -4.80. The van der Waals surface area contributed by atoms with Crippen LogP contribution in [-0.4, -0.2) is 23.4 Å². The molecule has 0 saturated heterocycles. The Labute approximate surface area is 156 Å². The monoisotopic (exact) mass is 380 g/mol. The third-order valence-electron chi connectivity index (χ3n) is 4.84. The van der Waals surface area contributed by atoms with Gasteiger partial charge in [0.15, 0.2) is 0 Å². The molecule has 2 aromatic rings. The maximum absolute atomic E-state index is 13.2. The van der Waals surface area contributed by atoms with Gasteiger partial charge < -0.3 is 20.9 Å². The van der Waals surface area contributed by atoms with E-state index in [-0.39, 0.29) is 11.4 Å². The Morgan fingerprint density at radius 2 is 1.85 bits per heavy atom. The van der Waals surface area contributed by atoms with Crippen molar-refractivity contribution in [1.29, 1.82) is 0 Å². The summed E-state index contributed by atoms with van der Waals surface area (Å²) in [5.74, 6) is 0.0871. The zero-order valence-electron chi connectivity index (χ0n) is 15.2. The quantitative estimate of drug-likeness (QED) is 0.708. The molecule has 3 rings (SSSR count). The van der Waals surface area contributed by atoms with E-state index in [4.69, 9.17) is 10.5 Å². The lowest BCUT2D eigenvalue weighted by Gasteiger charge is -2.43. The van der Waals surface area contributed by atoms with Crippen LogP contribution in [0, 0.1) is 0 Å². The van der Waals surface area contributed by atoms with Crippen LogP contribution < -0.4 is 15.8 Å².